The van der Waals surface area contributed by atoms with E-state index in [0.717, 1.165) is 18.4 Å². The summed E-state index contributed by atoms with van der Waals surface area (Å²) < 4.78 is 54.1. The lowest BCUT2D eigenvalue weighted by molar-refractivity contribution is -0.271. The molecule has 9 heteroatoms. The molecule has 194 valence electrons. The molecule has 0 saturated carbocycles. The Morgan fingerprint density at radius 1 is 1.08 bits per heavy atom. The number of carbonyl (C=O) groups is 2. The lowest BCUT2D eigenvalue weighted by Gasteiger charge is -2.50. The number of carbonyl (C=O) groups excluding carboxylic acids is 2. The summed E-state index contributed by atoms with van der Waals surface area (Å²) in [6.45, 7) is 2.97. The van der Waals surface area contributed by atoms with Crippen molar-refractivity contribution in [2.24, 2.45) is 5.41 Å². The van der Waals surface area contributed by atoms with Gasteiger partial charge in [-0.15, -0.1) is 0 Å². The number of alkyl halides is 3. The number of likely N-dealkylation sites (tertiary alicyclic amines) is 1. The fourth-order valence-corrected chi connectivity index (χ4v) is 5.74. The minimum Gasteiger partial charge on any atom is -0.494 e. The Morgan fingerprint density at radius 3 is 2.33 bits per heavy atom. The van der Waals surface area contributed by atoms with E-state index in [1.807, 2.05) is 31.2 Å². The summed E-state index contributed by atoms with van der Waals surface area (Å²) in [4.78, 5) is 27.2. The number of ether oxygens (including phenoxy) is 2. The Bertz CT molecular complexity index is 1080. The summed E-state index contributed by atoms with van der Waals surface area (Å²) in [5.74, 6) is -0.575. The molecule has 2 aromatic carbocycles. The molecule has 6 nitrogen and oxygen atoms in total. The molecule has 0 unspecified atom stereocenters. The SMILES string of the molecule is CCOc1ccccc1[C@@H]1CNC(=O)CC12CCN(C(=O)[C@](OC)(c1ccccc1)C(F)(F)F)CC2. The number of nitrogens with zero attached hydrogens (tertiary/aromatic N) is 1. The minimum absolute atomic E-state index is 0.0841. The van der Waals surface area contributed by atoms with Crippen molar-refractivity contribution in [3.8, 4) is 5.75 Å². The predicted molar refractivity (Wildman–Crippen MR) is 127 cm³/mol. The quantitative estimate of drug-likeness (QED) is 0.633. The highest BCUT2D eigenvalue weighted by Crippen LogP contribution is 2.52. The topological polar surface area (TPSA) is 67.9 Å². The van der Waals surface area contributed by atoms with Crippen LogP contribution in [0.5, 0.6) is 5.75 Å². The van der Waals surface area contributed by atoms with Crippen molar-refractivity contribution in [2.75, 3.05) is 33.4 Å². The number of hydrogen-bond acceptors (Lipinski definition) is 4. The maximum atomic E-state index is 14.4. The third-order valence-corrected chi connectivity index (χ3v) is 7.58. The molecule has 1 spiro atoms. The number of methoxy groups -OCH3 is 1. The summed E-state index contributed by atoms with van der Waals surface area (Å²) in [5.41, 5.74) is -2.88. The van der Waals surface area contributed by atoms with Crippen molar-refractivity contribution >= 4 is 11.8 Å². The smallest absolute Gasteiger partial charge is 0.430 e. The standard InChI is InChI=1S/C27H31F3N2O4/c1-3-36-22-12-8-7-11-20(22)21-18-31-23(33)17-25(21)13-15-32(16-14-25)24(34)26(35-2,27(28,29)30)19-9-5-4-6-10-19/h4-12,21H,3,13-18H2,1-2H3,(H,31,33)/t21-,26+/m0/s1. The third kappa shape index (κ3) is 4.45. The maximum Gasteiger partial charge on any atom is 0.430 e. The van der Waals surface area contributed by atoms with E-state index in [1.165, 1.54) is 29.2 Å². The molecule has 0 aliphatic carbocycles. The zero-order chi connectivity index (χ0) is 26.0. The van der Waals surface area contributed by atoms with Crippen LogP contribution in [-0.2, 0) is 19.9 Å². The summed E-state index contributed by atoms with van der Waals surface area (Å²) in [6.07, 6.45) is -3.93. The number of nitrogens with one attached hydrogen (secondary N) is 1. The van der Waals surface area contributed by atoms with Crippen molar-refractivity contribution in [1.29, 1.82) is 0 Å². The van der Waals surface area contributed by atoms with Crippen molar-refractivity contribution < 1.29 is 32.2 Å². The van der Waals surface area contributed by atoms with Crippen LogP contribution in [0.3, 0.4) is 0 Å². The number of rotatable bonds is 6. The van der Waals surface area contributed by atoms with Gasteiger partial charge < -0.3 is 19.7 Å². The van der Waals surface area contributed by atoms with Crippen LogP contribution in [0.15, 0.2) is 54.6 Å². The average Bonchev–Trinajstić information content (AvgIpc) is 2.86. The Labute approximate surface area is 208 Å². The first-order valence-electron chi connectivity index (χ1n) is 12.1. The zero-order valence-corrected chi connectivity index (χ0v) is 20.4. The van der Waals surface area contributed by atoms with Crippen LogP contribution >= 0.6 is 0 Å². The second-order valence-corrected chi connectivity index (χ2v) is 9.41. The van der Waals surface area contributed by atoms with Gasteiger partial charge in [-0.2, -0.15) is 13.2 Å². The first-order valence-corrected chi connectivity index (χ1v) is 12.1. The monoisotopic (exact) mass is 504 g/mol. The lowest BCUT2D eigenvalue weighted by atomic mass is 9.62. The molecule has 36 heavy (non-hydrogen) atoms. The number of benzene rings is 2. The lowest BCUT2D eigenvalue weighted by Crippen LogP contribution is -2.60. The summed E-state index contributed by atoms with van der Waals surface area (Å²) >= 11 is 0. The predicted octanol–water partition coefficient (Wildman–Crippen LogP) is 4.40. The van der Waals surface area contributed by atoms with E-state index in [9.17, 15) is 22.8 Å². The van der Waals surface area contributed by atoms with Gasteiger partial charge in [0.1, 0.15) is 5.75 Å². The van der Waals surface area contributed by atoms with Crippen LogP contribution in [0.4, 0.5) is 13.2 Å². The second-order valence-electron chi connectivity index (χ2n) is 9.41. The van der Waals surface area contributed by atoms with Crippen molar-refractivity contribution in [3.63, 3.8) is 0 Å². The molecule has 2 atom stereocenters. The van der Waals surface area contributed by atoms with Gasteiger partial charge in [0.2, 0.25) is 5.91 Å². The minimum atomic E-state index is -4.96. The highest BCUT2D eigenvalue weighted by molar-refractivity contribution is 5.88. The molecule has 2 heterocycles. The Kier molecular flexibility index (Phi) is 7.31. The fraction of sp³-hybridized carbons (Fsp3) is 0.481. The highest BCUT2D eigenvalue weighted by atomic mass is 19.4. The van der Waals surface area contributed by atoms with Gasteiger partial charge in [-0.05, 0) is 36.8 Å². The Morgan fingerprint density at radius 2 is 1.72 bits per heavy atom. The van der Waals surface area contributed by atoms with Crippen molar-refractivity contribution in [2.45, 2.75) is 43.9 Å². The molecular formula is C27H31F3N2O4. The first-order chi connectivity index (χ1) is 17.2. The number of halogens is 3. The van der Waals surface area contributed by atoms with Crippen LogP contribution in [0, 0.1) is 5.41 Å². The summed E-state index contributed by atoms with van der Waals surface area (Å²) in [5, 5.41) is 2.94. The normalized spacial score (nSPS) is 21.5. The van der Waals surface area contributed by atoms with Gasteiger partial charge in [0.15, 0.2) is 0 Å². The maximum absolute atomic E-state index is 14.4. The van der Waals surface area contributed by atoms with E-state index in [2.05, 4.69) is 5.32 Å². The molecule has 2 aromatic rings. The van der Waals surface area contributed by atoms with E-state index in [0.29, 0.717) is 26.0 Å². The first kappa shape index (κ1) is 26.0. The van der Waals surface area contributed by atoms with E-state index >= 15 is 0 Å². The zero-order valence-electron chi connectivity index (χ0n) is 20.4. The van der Waals surface area contributed by atoms with E-state index in [4.69, 9.17) is 9.47 Å². The third-order valence-electron chi connectivity index (χ3n) is 7.58. The van der Waals surface area contributed by atoms with Crippen LogP contribution in [0.1, 0.15) is 43.2 Å². The van der Waals surface area contributed by atoms with Crippen LogP contribution < -0.4 is 10.1 Å². The summed E-state index contributed by atoms with van der Waals surface area (Å²) in [7, 11) is 0.913. The molecule has 2 amide bonds. The molecule has 0 bridgehead atoms. The van der Waals surface area contributed by atoms with Gasteiger partial charge in [-0.25, -0.2) is 0 Å². The fourth-order valence-electron chi connectivity index (χ4n) is 5.74. The van der Waals surface area contributed by atoms with Gasteiger partial charge in [-0.3, -0.25) is 9.59 Å². The van der Waals surface area contributed by atoms with Crippen LogP contribution in [0.2, 0.25) is 0 Å². The van der Waals surface area contributed by atoms with Crippen LogP contribution in [-0.4, -0.2) is 56.2 Å². The number of piperidine rings is 2. The molecule has 1 N–H and O–H groups in total. The average molecular weight is 505 g/mol. The van der Waals surface area contributed by atoms with Crippen LogP contribution in [0.25, 0.3) is 0 Å². The molecule has 2 aliphatic heterocycles. The Balaban J connectivity index is 1.63. The molecular weight excluding hydrogens is 473 g/mol. The van der Waals surface area contributed by atoms with Gasteiger partial charge in [0, 0.05) is 44.6 Å². The molecule has 2 fully saturated rings. The molecule has 0 radical (unpaired) electrons. The van der Waals surface area contributed by atoms with Gasteiger partial charge in [0.05, 0.1) is 6.61 Å². The van der Waals surface area contributed by atoms with Gasteiger partial charge >= 0.3 is 6.18 Å². The van der Waals surface area contributed by atoms with E-state index < -0.39 is 23.1 Å². The highest BCUT2D eigenvalue weighted by Gasteiger charge is 2.64. The molecule has 2 saturated heterocycles. The second kappa shape index (κ2) is 10.1. The number of amides is 2. The largest absolute Gasteiger partial charge is 0.494 e. The van der Waals surface area contributed by atoms with Gasteiger partial charge in [-0.1, -0.05) is 48.5 Å². The molecule has 0 aromatic heterocycles. The molecule has 4 rings (SSSR count). The molecule has 2 aliphatic rings. The number of hydrogen-bond donors (Lipinski definition) is 1. The van der Waals surface area contributed by atoms with E-state index in [1.54, 1.807) is 6.07 Å². The van der Waals surface area contributed by atoms with Crippen molar-refractivity contribution in [3.05, 3.63) is 65.7 Å². The Hall–Kier alpha value is -3.07. The van der Waals surface area contributed by atoms with Crippen molar-refractivity contribution in [1.82, 2.24) is 10.2 Å². The number of para-hydroxylation sites is 1. The van der Waals surface area contributed by atoms with E-state index in [-0.39, 0.29) is 36.9 Å². The summed E-state index contributed by atoms with van der Waals surface area (Å²) in [6, 6.07) is 14.7. The van der Waals surface area contributed by atoms with Gasteiger partial charge in [0.25, 0.3) is 11.5 Å².